The van der Waals surface area contributed by atoms with Gasteiger partial charge in [-0.2, -0.15) is 0 Å². The first-order valence-electron chi connectivity index (χ1n) is 7.69. The lowest BCUT2D eigenvalue weighted by molar-refractivity contribution is -0.384. The van der Waals surface area contributed by atoms with E-state index in [0.717, 1.165) is 11.3 Å². The molecule has 8 nitrogen and oxygen atoms in total. The van der Waals surface area contributed by atoms with Gasteiger partial charge in [0.05, 0.1) is 29.4 Å². The Morgan fingerprint density at radius 2 is 2.04 bits per heavy atom. The van der Waals surface area contributed by atoms with Crippen LogP contribution in [0.3, 0.4) is 0 Å². The third-order valence-corrected chi connectivity index (χ3v) is 4.44. The zero-order valence-corrected chi connectivity index (χ0v) is 14.8. The first-order valence-corrected chi connectivity index (χ1v) is 8.50. The van der Waals surface area contributed by atoms with Gasteiger partial charge in [0.15, 0.2) is 10.9 Å². The summed E-state index contributed by atoms with van der Waals surface area (Å²) in [5.74, 6) is 0.633. The summed E-state index contributed by atoms with van der Waals surface area (Å²) >= 11 is 1.14. The van der Waals surface area contributed by atoms with Gasteiger partial charge in [0.2, 0.25) is 0 Å². The minimum absolute atomic E-state index is 0.0950. The monoisotopic (exact) mass is 373 g/mol. The number of anilines is 1. The number of nitro groups is 1. The Balaban J connectivity index is 1.86. The summed E-state index contributed by atoms with van der Waals surface area (Å²) in [7, 11) is 1.41. The summed E-state index contributed by atoms with van der Waals surface area (Å²) in [5.41, 5.74) is 0.818. The van der Waals surface area contributed by atoms with Crippen LogP contribution in [-0.2, 0) is 0 Å². The number of fused-ring (bicyclic) bond motifs is 1. The highest BCUT2D eigenvalue weighted by Gasteiger charge is 2.17. The topological polar surface area (TPSA) is 104 Å². The van der Waals surface area contributed by atoms with E-state index < -0.39 is 4.92 Å². The Kier molecular flexibility index (Phi) is 4.99. The van der Waals surface area contributed by atoms with Crippen LogP contribution in [0.5, 0.6) is 11.5 Å². The largest absolute Gasteiger partial charge is 0.494 e. The number of hydrogen-bond acceptors (Lipinski definition) is 7. The van der Waals surface area contributed by atoms with Crippen molar-refractivity contribution in [1.82, 2.24) is 4.98 Å². The summed E-state index contributed by atoms with van der Waals surface area (Å²) in [6, 6.07) is 9.44. The van der Waals surface area contributed by atoms with Crippen LogP contribution in [-0.4, -0.2) is 29.5 Å². The second-order valence-corrected chi connectivity index (χ2v) is 6.21. The van der Waals surface area contributed by atoms with E-state index >= 15 is 0 Å². The Labute approximate surface area is 152 Å². The molecule has 3 rings (SSSR count). The molecule has 0 saturated heterocycles. The number of non-ortho nitro benzene ring substituents is 1. The number of ether oxygens (including phenoxy) is 2. The van der Waals surface area contributed by atoms with Crippen molar-refractivity contribution in [2.45, 2.75) is 6.92 Å². The van der Waals surface area contributed by atoms with Crippen LogP contribution < -0.4 is 14.8 Å². The molecule has 0 spiro atoms. The smallest absolute Gasteiger partial charge is 0.274 e. The number of methoxy groups -OCH3 is 1. The lowest BCUT2D eigenvalue weighted by Crippen LogP contribution is -2.11. The van der Waals surface area contributed by atoms with Gasteiger partial charge in [0.25, 0.3) is 11.6 Å². The van der Waals surface area contributed by atoms with Crippen molar-refractivity contribution >= 4 is 38.3 Å². The minimum atomic E-state index is -0.500. The zero-order chi connectivity index (χ0) is 18.7. The molecule has 0 aliphatic rings. The van der Waals surface area contributed by atoms with E-state index in [1.807, 2.05) is 6.92 Å². The predicted octanol–water partition coefficient (Wildman–Crippen LogP) is 3.86. The Bertz CT molecular complexity index is 968. The van der Waals surface area contributed by atoms with Crippen molar-refractivity contribution in [3.63, 3.8) is 0 Å². The fraction of sp³-hybridized carbons (Fsp3) is 0.176. The van der Waals surface area contributed by atoms with Crippen LogP contribution in [0.2, 0.25) is 0 Å². The number of nitrogens with one attached hydrogen (secondary N) is 1. The maximum Gasteiger partial charge on any atom is 0.274 e. The molecule has 3 aromatic rings. The molecule has 2 aromatic carbocycles. The van der Waals surface area contributed by atoms with Crippen LogP contribution in [0.25, 0.3) is 10.2 Å². The summed E-state index contributed by atoms with van der Waals surface area (Å²) in [6.07, 6.45) is 0. The number of benzene rings is 2. The quantitative estimate of drug-likeness (QED) is 0.520. The number of carbonyl (C=O) groups is 1. The van der Waals surface area contributed by atoms with Gasteiger partial charge in [0.1, 0.15) is 11.3 Å². The van der Waals surface area contributed by atoms with Gasteiger partial charge in [-0.05, 0) is 31.2 Å². The van der Waals surface area contributed by atoms with E-state index in [2.05, 4.69) is 10.3 Å². The predicted molar refractivity (Wildman–Crippen MR) is 98.4 cm³/mol. The van der Waals surface area contributed by atoms with E-state index in [9.17, 15) is 14.9 Å². The normalized spacial score (nSPS) is 10.5. The molecular formula is C17H15N3O5S. The zero-order valence-electron chi connectivity index (χ0n) is 14.0. The lowest BCUT2D eigenvalue weighted by Gasteiger charge is -2.04. The van der Waals surface area contributed by atoms with Crippen molar-refractivity contribution < 1.29 is 19.2 Å². The molecule has 0 unspecified atom stereocenters. The number of nitrogens with zero attached hydrogens (tertiary/aromatic N) is 2. The molecule has 26 heavy (non-hydrogen) atoms. The Hall–Kier alpha value is -3.20. The van der Waals surface area contributed by atoms with Crippen molar-refractivity contribution in [3.05, 3.63) is 52.1 Å². The highest BCUT2D eigenvalue weighted by molar-refractivity contribution is 7.22. The molecule has 0 radical (unpaired) electrons. The maximum absolute atomic E-state index is 12.4. The van der Waals surface area contributed by atoms with Gasteiger partial charge in [0, 0.05) is 11.6 Å². The molecule has 134 valence electrons. The van der Waals surface area contributed by atoms with Gasteiger partial charge in [-0.15, -0.1) is 0 Å². The Morgan fingerprint density at radius 1 is 1.31 bits per heavy atom. The van der Waals surface area contributed by atoms with Gasteiger partial charge < -0.3 is 9.47 Å². The average molecular weight is 373 g/mol. The van der Waals surface area contributed by atoms with Crippen LogP contribution in [0.15, 0.2) is 36.4 Å². The molecule has 0 saturated carbocycles. The fourth-order valence-electron chi connectivity index (χ4n) is 2.34. The fourth-order valence-corrected chi connectivity index (χ4v) is 3.25. The first-order chi connectivity index (χ1) is 12.5. The highest BCUT2D eigenvalue weighted by atomic mass is 32.1. The lowest BCUT2D eigenvalue weighted by atomic mass is 10.2. The molecule has 1 aromatic heterocycles. The summed E-state index contributed by atoms with van der Waals surface area (Å²) < 4.78 is 11.1. The van der Waals surface area contributed by atoms with Crippen LogP contribution in [0.4, 0.5) is 10.8 Å². The van der Waals surface area contributed by atoms with Crippen molar-refractivity contribution in [3.8, 4) is 11.5 Å². The molecule has 1 amide bonds. The van der Waals surface area contributed by atoms with Gasteiger partial charge in [-0.25, -0.2) is 4.98 Å². The van der Waals surface area contributed by atoms with Crippen LogP contribution in [0, 0.1) is 10.1 Å². The number of rotatable bonds is 6. The number of aromatic nitrogens is 1. The van der Waals surface area contributed by atoms with Crippen molar-refractivity contribution in [2.75, 3.05) is 19.0 Å². The van der Waals surface area contributed by atoms with Crippen LogP contribution >= 0.6 is 11.3 Å². The molecule has 0 bridgehead atoms. The van der Waals surface area contributed by atoms with E-state index in [1.165, 1.54) is 19.2 Å². The molecule has 1 N–H and O–H groups in total. The molecule has 0 aliphatic carbocycles. The number of hydrogen-bond donors (Lipinski definition) is 1. The average Bonchev–Trinajstić information content (AvgIpc) is 3.03. The summed E-state index contributed by atoms with van der Waals surface area (Å²) in [6.45, 7) is 2.43. The van der Waals surface area contributed by atoms with Gasteiger partial charge in [-0.3, -0.25) is 20.2 Å². The van der Waals surface area contributed by atoms with E-state index in [-0.39, 0.29) is 17.3 Å². The number of carbonyl (C=O) groups excluding carboxylic acids is 1. The second kappa shape index (κ2) is 7.36. The highest BCUT2D eigenvalue weighted by Crippen LogP contribution is 2.36. The first kappa shape index (κ1) is 17.6. The van der Waals surface area contributed by atoms with E-state index in [4.69, 9.17) is 9.47 Å². The number of thiazole rings is 1. The number of amides is 1. The van der Waals surface area contributed by atoms with Gasteiger partial charge >= 0.3 is 0 Å². The molecule has 0 atom stereocenters. The molecule has 9 heteroatoms. The molecule has 0 fully saturated rings. The van der Waals surface area contributed by atoms with Gasteiger partial charge in [-0.1, -0.05) is 11.3 Å². The maximum atomic E-state index is 12.4. The van der Waals surface area contributed by atoms with Crippen LogP contribution in [0.1, 0.15) is 17.3 Å². The third-order valence-electron chi connectivity index (χ3n) is 3.52. The number of nitro benzene ring substituents is 1. The summed E-state index contributed by atoms with van der Waals surface area (Å²) in [5, 5.41) is 14.0. The summed E-state index contributed by atoms with van der Waals surface area (Å²) in [4.78, 5) is 27.2. The Morgan fingerprint density at radius 3 is 2.65 bits per heavy atom. The van der Waals surface area contributed by atoms with E-state index in [0.29, 0.717) is 33.3 Å². The minimum Gasteiger partial charge on any atom is -0.494 e. The standard InChI is InChI=1S/C17H15N3O5S/c1-3-25-12-6-4-10(5-7-12)16(21)19-17-18-15-13(24-2)8-11(20(22)23)9-14(15)26-17/h4-9H,3H2,1-2H3,(H,18,19,21). The molecule has 0 aliphatic heterocycles. The molecular weight excluding hydrogens is 358 g/mol. The van der Waals surface area contributed by atoms with Crippen molar-refractivity contribution in [2.24, 2.45) is 0 Å². The van der Waals surface area contributed by atoms with E-state index in [1.54, 1.807) is 24.3 Å². The second-order valence-electron chi connectivity index (χ2n) is 5.18. The third kappa shape index (κ3) is 3.57. The SMILES string of the molecule is CCOc1ccc(C(=O)Nc2nc3c(OC)cc([N+](=O)[O-])cc3s2)cc1. The molecule has 1 heterocycles. The van der Waals surface area contributed by atoms with Crippen molar-refractivity contribution in [1.29, 1.82) is 0 Å².